The second-order valence-electron chi connectivity index (χ2n) is 2.99. The molecule has 0 aliphatic rings. The van der Waals surface area contributed by atoms with Crippen molar-refractivity contribution >= 4 is 51.7 Å². The Morgan fingerprint density at radius 2 is 2.00 bits per heavy atom. The van der Waals surface area contributed by atoms with Gasteiger partial charge in [-0.1, -0.05) is 23.2 Å². The van der Waals surface area contributed by atoms with Crippen LogP contribution in [0, 0.1) is 6.92 Å². The van der Waals surface area contributed by atoms with Crippen LogP contribution in [0.3, 0.4) is 0 Å². The summed E-state index contributed by atoms with van der Waals surface area (Å²) in [6.07, 6.45) is 0. The quantitative estimate of drug-likeness (QED) is 0.730. The van der Waals surface area contributed by atoms with Gasteiger partial charge in [-0.15, -0.1) is 22.7 Å². The number of hydrogen-bond donors (Lipinski definition) is 0. The van der Waals surface area contributed by atoms with Crippen LogP contribution >= 0.6 is 45.9 Å². The molecule has 2 rings (SSSR count). The molecule has 2 aromatic heterocycles. The molecule has 0 fully saturated rings. The smallest absolute Gasteiger partial charge is 0.215 e. The number of ketones is 1. The molecule has 5 heteroatoms. The Balaban J connectivity index is 2.46. The largest absolute Gasteiger partial charge is 0.287 e. The third-order valence-corrected chi connectivity index (χ3v) is 4.96. The lowest BCUT2D eigenvalue weighted by Crippen LogP contribution is -1.96. The molecule has 0 amide bonds. The van der Waals surface area contributed by atoms with Crippen LogP contribution in [0.1, 0.15) is 20.1 Å². The molecule has 0 unspecified atom stereocenters. The average Bonchev–Trinajstić information content (AvgIpc) is 2.75. The van der Waals surface area contributed by atoms with E-state index in [0.717, 1.165) is 5.56 Å². The van der Waals surface area contributed by atoms with Crippen molar-refractivity contribution in [3.8, 4) is 0 Å². The summed E-state index contributed by atoms with van der Waals surface area (Å²) >= 11 is 14.6. The lowest BCUT2D eigenvalue weighted by Gasteiger charge is -1.96. The third kappa shape index (κ3) is 1.97. The second-order valence-corrected chi connectivity index (χ2v) is 5.57. The Morgan fingerprint density at radius 1 is 1.27 bits per heavy atom. The molecular weight excluding hydrogens is 271 g/mol. The van der Waals surface area contributed by atoms with Crippen LogP contribution in [0.5, 0.6) is 0 Å². The fraction of sp³-hybridized carbons (Fsp3) is 0.100. The molecule has 0 atom stereocenters. The van der Waals surface area contributed by atoms with E-state index in [1.165, 1.54) is 22.7 Å². The molecule has 0 aliphatic heterocycles. The van der Waals surface area contributed by atoms with Crippen LogP contribution in [0.25, 0.3) is 0 Å². The standard InChI is InChI=1S/C10H6Cl2OS2/c1-5-4-15-10(7(5)12)8(13)9-6(11)2-3-14-9/h2-4H,1H3. The Labute approximate surface area is 105 Å². The molecule has 15 heavy (non-hydrogen) atoms. The predicted octanol–water partition coefficient (Wildman–Crippen LogP) is 4.66. The van der Waals surface area contributed by atoms with Gasteiger partial charge in [0.1, 0.15) is 0 Å². The maximum absolute atomic E-state index is 12.0. The summed E-state index contributed by atoms with van der Waals surface area (Å²) in [4.78, 5) is 13.1. The predicted molar refractivity (Wildman–Crippen MR) is 66.8 cm³/mol. The summed E-state index contributed by atoms with van der Waals surface area (Å²) in [5, 5.41) is 4.70. The molecule has 0 aliphatic carbocycles. The minimum Gasteiger partial charge on any atom is -0.287 e. The van der Waals surface area contributed by atoms with Gasteiger partial charge in [0.25, 0.3) is 0 Å². The average molecular weight is 277 g/mol. The van der Waals surface area contributed by atoms with Crippen LogP contribution in [-0.4, -0.2) is 5.78 Å². The van der Waals surface area contributed by atoms with Gasteiger partial charge in [0, 0.05) is 0 Å². The lowest BCUT2D eigenvalue weighted by molar-refractivity contribution is 0.104. The first kappa shape index (κ1) is 11.1. The Bertz CT molecular complexity index is 513. The van der Waals surface area contributed by atoms with Gasteiger partial charge in [-0.05, 0) is 29.3 Å². The summed E-state index contributed by atoms with van der Waals surface area (Å²) in [5.41, 5.74) is 0.928. The molecule has 0 aromatic carbocycles. The molecular formula is C10H6Cl2OS2. The maximum Gasteiger partial charge on any atom is 0.215 e. The van der Waals surface area contributed by atoms with Crippen LogP contribution in [-0.2, 0) is 0 Å². The Morgan fingerprint density at radius 3 is 2.47 bits per heavy atom. The van der Waals surface area contributed by atoms with Crippen molar-refractivity contribution < 1.29 is 4.79 Å². The SMILES string of the molecule is Cc1csc(C(=O)c2sccc2Cl)c1Cl. The molecule has 2 heterocycles. The van der Waals surface area contributed by atoms with E-state index in [1.807, 2.05) is 12.3 Å². The molecule has 0 radical (unpaired) electrons. The molecule has 0 saturated heterocycles. The molecule has 78 valence electrons. The van der Waals surface area contributed by atoms with Crippen LogP contribution in [0.15, 0.2) is 16.8 Å². The zero-order chi connectivity index (χ0) is 11.0. The molecule has 0 bridgehead atoms. The summed E-state index contributed by atoms with van der Waals surface area (Å²) in [6, 6.07) is 1.72. The molecule has 0 spiro atoms. The van der Waals surface area contributed by atoms with Crippen LogP contribution in [0.4, 0.5) is 0 Å². The molecule has 0 N–H and O–H groups in total. The first-order valence-corrected chi connectivity index (χ1v) is 6.64. The highest BCUT2D eigenvalue weighted by Gasteiger charge is 2.19. The third-order valence-electron chi connectivity index (χ3n) is 1.93. The number of rotatable bonds is 2. The first-order chi connectivity index (χ1) is 7.11. The van der Waals surface area contributed by atoms with E-state index in [9.17, 15) is 4.79 Å². The van der Waals surface area contributed by atoms with Gasteiger partial charge in [0.2, 0.25) is 5.78 Å². The lowest BCUT2D eigenvalue weighted by atomic mass is 10.2. The normalized spacial score (nSPS) is 10.6. The van der Waals surface area contributed by atoms with E-state index in [0.29, 0.717) is 19.8 Å². The number of hydrogen-bond acceptors (Lipinski definition) is 3. The number of halogens is 2. The highest BCUT2D eigenvalue weighted by molar-refractivity contribution is 7.16. The summed E-state index contributed by atoms with van der Waals surface area (Å²) in [7, 11) is 0. The van der Waals surface area contributed by atoms with Gasteiger partial charge in [0.15, 0.2) is 0 Å². The zero-order valence-corrected chi connectivity index (χ0v) is 10.9. The van der Waals surface area contributed by atoms with Crippen molar-refractivity contribution in [1.82, 2.24) is 0 Å². The maximum atomic E-state index is 12.0. The van der Waals surface area contributed by atoms with E-state index in [1.54, 1.807) is 11.4 Å². The summed E-state index contributed by atoms with van der Waals surface area (Å²) < 4.78 is 0. The zero-order valence-electron chi connectivity index (χ0n) is 7.71. The monoisotopic (exact) mass is 276 g/mol. The van der Waals surface area contributed by atoms with Crippen molar-refractivity contribution in [2.75, 3.05) is 0 Å². The number of carbonyl (C=O) groups excluding carboxylic acids is 1. The van der Waals surface area contributed by atoms with E-state index >= 15 is 0 Å². The van der Waals surface area contributed by atoms with Gasteiger partial charge in [-0.3, -0.25) is 4.79 Å². The molecule has 0 saturated carbocycles. The van der Waals surface area contributed by atoms with Gasteiger partial charge in [-0.2, -0.15) is 0 Å². The molecule has 1 nitrogen and oxygen atoms in total. The molecule has 2 aromatic rings. The van der Waals surface area contributed by atoms with Crippen molar-refractivity contribution in [2.24, 2.45) is 0 Å². The van der Waals surface area contributed by atoms with Crippen molar-refractivity contribution in [1.29, 1.82) is 0 Å². The van der Waals surface area contributed by atoms with Crippen LogP contribution in [0.2, 0.25) is 10.0 Å². The number of thiophene rings is 2. The topological polar surface area (TPSA) is 17.1 Å². The summed E-state index contributed by atoms with van der Waals surface area (Å²) in [6.45, 7) is 1.88. The van der Waals surface area contributed by atoms with E-state index in [2.05, 4.69) is 0 Å². The minimum absolute atomic E-state index is 0.0851. The number of carbonyl (C=O) groups is 1. The van der Waals surface area contributed by atoms with E-state index in [4.69, 9.17) is 23.2 Å². The Kier molecular flexibility index (Phi) is 3.16. The highest BCUT2D eigenvalue weighted by atomic mass is 35.5. The van der Waals surface area contributed by atoms with E-state index in [-0.39, 0.29) is 5.78 Å². The fourth-order valence-electron chi connectivity index (χ4n) is 1.14. The first-order valence-electron chi connectivity index (χ1n) is 4.12. The van der Waals surface area contributed by atoms with Gasteiger partial charge in [0.05, 0.1) is 19.8 Å². The van der Waals surface area contributed by atoms with Crippen molar-refractivity contribution in [3.63, 3.8) is 0 Å². The Hall–Kier alpha value is -0.350. The van der Waals surface area contributed by atoms with Gasteiger partial charge >= 0.3 is 0 Å². The highest BCUT2D eigenvalue weighted by Crippen LogP contribution is 2.32. The number of aryl methyl sites for hydroxylation is 1. The van der Waals surface area contributed by atoms with E-state index < -0.39 is 0 Å². The summed E-state index contributed by atoms with van der Waals surface area (Å²) in [5.74, 6) is -0.0851. The second kappa shape index (κ2) is 4.26. The van der Waals surface area contributed by atoms with Crippen LogP contribution < -0.4 is 0 Å². The minimum atomic E-state index is -0.0851. The van der Waals surface area contributed by atoms with Gasteiger partial charge < -0.3 is 0 Å². The van der Waals surface area contributed by atoms with Crippen molar-refractivity contribution in [2.45, 2.75) is 6.92 Å². The van der Waals surface area contributed by atoms with Crippen molar-refractivity contribution in [3.05, 3.63) is 42.2 Å². The van der Waals surface area contributed by atoms with Gasteiger partial charge in [-0.25, -0.2) is 0 Å². The fourth-order valence-corrected chi connectivity index (χ4v) is 3.52.